The van der Waals surface area contributed by atoms with E-state index in [4.69, 9.17) is 0 Å². The van der Waals surface area contributed by atoms with Crippen LogP contribution >= 0.6 is 0 Å². The molecule has 1 aliphatic rings. The van der Waals surface area contributed by atoms with Crippen molar-refractivity contribution in [1.82, 2.24) is 5.32 Å². The summed E-state index contributed by atoms with van der Waals surface area (Å²) in [6.07, 6.45) is 13.0. The molecule has 3 heteroatoms. The first-order valence-corrected chi connectivity index (χ1v) is 7.75. The Morgan fingerprint density at radius 3 is 2.47 bits per heavy atom. The van der Waals surface area contributed by atoms with Crippen LogP contribution in [0.25, 0.3) is 0 Å². The lowest BCUT2D eigenvalue weighted by atomic mass is 10.0. The van der Waals surface area contributed by atoms with Gasteiger partial charge in [0.1, 0.15) is 0 Å². The number of unbranched alkanes of at least 4 members (excludes halogenated alkanes) is 6. The monoisotopic (exact) mass is 265 g/mol. The van der Waals surface area contributed by atoms with Crippen molar-refractivity contribution in [2.75, 3.05) is 0 Å². The van der Waals surface area contributed by atoms with E-state index in [2.05, 4.69) is 12.2 Å². The fraction of sp³-hybridized carbons (Fsp3) is 0.750. The van der Waals surface area contributed by atoms with Gasteiger partial charge in [0.25, 0.3) is 0 Å². The Morgan fingerprint density at radius 1 is 1.11 bits per heavy atom. The summed E-state index contributed by atoms with van der Waals surface area (Å²) in [6, 6.07) is 0. The van der Waals surface area contributed by atoms with E-state index in [1.54, 1.807) is 6.08 Å². The SMILES string of the molecule is CCCCCCCCCC(=O)NC1=CC(=O)CCC1. The minimum Gasteiger partial charge on any atom is -0.330 e. The normalized spacial score (nSPS) is 15.2. The first-order valence-electron chi connectivity index (χ1n) is 7.75. The molecule has 1 amide bonds. The van der Waals surface area contributed by atoms with Gasteiger partial charge < -0.3 is 5.32 Å². The van der Waals surface area contributed by atoms with Crippen molar-refractivity contribution in [3.8, 4) is 0 Å². The molecule has 0 saturated carbocycles. The molecule has 0 aromatic carbocycles. The highest BCUT2D eigenvalue weighted by atomic mass is 16.1. The third-order valence-electron chi connectivity index (χ3n) is 3.51. The summed E-state index contributed by atoms with van der Waals surface area (Å²) in [5, 5.41) is 2.86. The lowest BCUT2D eigenvalue weighted by Gasteiger charge is -2.13. The van der Waals surface area contributed by atoms with Crippen LogP contribution in [0.1, 0.15) is 77.6 Å². The zero-order valence-electron chi connectivity index (χ0n) is 12.2. The lowest BCUT2D eigenvalue weighted by molar-refractivity contribution is -0.120. The van der Waals surface area contributed by atoms with Crippen molar-refractivity contribution >= 4 is 11.7 Å². The molecule has 108 valence electrons. The van der Waals surface area contributed by atoms with Gasteiger partial charge in [-0.15, -0.1) is 0 Å². The Balaban J connectivity index is 2.03. The molecule has 0 aromatic heterocycles. The molecule has 0 saturated heterocycles. The van der Waals surface area contributed by atoms with Crippen molar-refractivity contribution in [1.29, 1.82) is 0 Å². The zero-order valence-corrected chi connectivity index (χ0v) is 12.2. The minimum absolute atomic E-state index is 0.0644. The zero-order chi connectivity index (χ0) is 13.9. The Morgan fingerprint density at radius 2 is 1.79 bits per heavy atom. The Labute approximate surface area is 116 Å². The first kappa shape index (κ1) is 15.9. The Hall–Kier alpha value is -1.12. The number of rotatable bonds is 9. The summed E-state index contributed by atoms with van der Waals surface area (Å²) in [5.74, 6) is 0.201. The molecule has 0 heterocycles. The van der Waals surface area contributed by atoms with Gasteiger partial charge in [-0.25, -0.2) is 0 Å². The predicted octanol–water partition coefficient (Wildman–Crippen LogP) is 3.88. The van der Waals surface area contributed by atoms with E-state index in [1.165, 1.54) is 32.1 Å². The van der Waals surface area contributed by atoms with Gasteiger partial charge in [-0.3, -0.25) is 9.59 Å². The quantitative estimate of drug-likeness (QED) is 0.643. The first-order chi connectivity index (χ1) is 9.22. The van der Waals surface area contributed by atoms with E-state index in [9.17, 15) is 9.59 Å². The summed E-state index contributed by atoms with van der Waals surface area (Å²) < 4.78 is 0. The second kappa shape index (κ2) is 9.76. The Kier molecular flexibility index (Phi) is 8.19. The molecular formula is C16H27NO2. The number of ketones is 1. The molecule has 0 radical (unpaired) electrons. The van der Waals surface area contributed by atoms with Crippen LogP contribution in [0, 0.1) is 0 Å². The smallest absolute Gasteiger partial charge is 0.224 e. The third kappa shape index (κ3) is 7.81. The highest BCUT2D eigenvalue weighted by molar-refractivity contribution is 5.92. The average Bonchev–Trinajstić information content (AvgIpc) is 2.37. The molecule has 19 heavy (non-hydrogen) atoms. The van der Waals surface area contributed by atoms with E-state index in [1.807, 2.05) is 0 Å². The number of carbonyl (C=O) groups excluding carboxylic acids is 2. The molecule has 0 unspecified atom stereocenters. The van der Waals surface area contributed by atoms with E-state index >= 15 is 0 Å². The molecule has 1 rings (SSSR count). The van der Waals surface area contributed by atoms with E-state index in [0.717, 1.165) is 31.4 Å². The predicted molar refractivity (Wildman–Crippen MR) is 77.7 cm³/mol. The lowest BCUT2D eigenvalue weighted by Crippen LogP contribution is -2.24. The van der Waals surface area contributed by atoms with Crippen LogP contribution in [0.15, 0.2) is 11.8 Å². The van der Waals surface area contributed by atoms with Crippen molar-refractivity contribution in [3.63, 3.8) is 0 Å². The van der Waals surface area contributed by atoms with E-state index in [-0.39, 0.29) is 11.7 Å². The molecule has 0 spiro atoms. The fourth-order valence-corrected chi connectivity index (χ4v) is 2.37. The van der Waals surface area contributed by atoms with Crippen LogP contribution in [0.5, 0.6) is 0 Å². The highest BCUT2D eigenvalue weighted by Crippen LogP contribution is 2.13. The van der Waals surface area contributed by atoms with Crippen molar-refractivity contribution in [2.45, 2.75) is 77.6 Å². The largest absolute Gasteiger partial charge is 0.330 e. The summed E-state index contributed by atoms with van der Waals surface area (Å²) >= 11 is 0. The van der Waals surface area contributed by atoms with Gasteiger partial charge in [-0.05, 0) is 19.3 Å². The van der Waals surface area contributed by atoms with Crippen LogP contribution in [-0.4, -0.2) is 11.7 Å². The van der Waals surface area contributed by atoms with Crippen molar-refractivity contribution in [2.24, 2.45) is 0 Å². The molecular weight excluding hydrogens is 238 g/mol. The topological polar surface area (TPSA) is 46.2 Å². The fourth-order valence-electron chi connectivity index (χ4n) is 2.37. The molecule has 1 N–H and O–H groups in total. The van der Waals surface area contributed by atoms with Crippen molar-refractivity contribution in [3.05, 3.63) is 11.8 Å². The summed E-state index contributed by atoms with van der Waals surface area (Å²) in [7, 11) is 0. The molecule has 0 bridgehead atoms. The number of allylic oxidation sites excluding steroid dienone is 2. The second-order valence-electron chi connectivity index (χ2n) is 5.41. The maximum absolute atomic E-state index is 11.7. The van der Waals surface area contributed by atoms with E-state index in [0.29, 0.717) is 12.8 Å². The third-order valence-corrected chi connectivity index (χ3v) is 3.51. The highest BCUT2D eigenvalue weighted by Gasteiger charge is 2.11. The molecule has 0 atom stereocenters. The molecule has 0 fully saturated rings. The van der Waals surface area contributed by atoms with Crippen LogP contribution in [0.3, 0.4) is 0 Å². The van der Waals surface area contributed by atoms with Crippen LogP contribution in [-0.2, 0) is 9.59 Å². The molecule has 0 aromatic rings. The Bertz CT molecular complexity index is 321. The number of hydrogen-bond donors (Lipinski definition) is 1. The molecule has 3 nitrogen and oxygen atoms in total. The van der Waals surface area contributed by atoms with E-state index < -0.39 is 0 Å². The summed E-state index contributed by atoms with van der Waals surface area (Å²) in [6.45, 7) is 2.22. The van der Waals surface area contributed by atoms with Gasteiger partial charge in [-0.1, -0.05) is 45.4 Å². The minimum atomic E-state index is 0.0644. The van der Waals surface area contributed by atoms with Gasteiger partial charge in [0.15, 0.2) is 5.78 Å². The van der Waals surface area contributed by atoms with Crippen LogP contribution < -0.4 is 5.32 Å². The van der Waals surface area contributed by atoms with Crippen molar-refractivity contribution < 1.29 is 9.59 Å². The maximum Gasteiger partial charge on any atom is 0.224 e. The summed E-state index contributed by atoms with van der Waals surface area (Å²) in [4.78, 5) is 22.9. The number of carbonyl (C=O) groups is 2. The van der Waals surface area contributed by atoms with Crippen LogP contribution in [0.4, 0.5) is 0 Å². The maximum atomic E-state index is 11.7. The van der Waals surface area contributed by atoms with Gasteiger partial charge in [-0.2, -0.15) is 0 Å². The van der Waals surface area contributed by atoms with Gasteiger partial charge in [0, 0.05) is 24.6 Å². The number of amides is 1. The average molecular weight is 265 g/mol. The van der Waals surface area contributed by atoms with Gasteiger partial charge in [0.2, 0.25) is 5.91 Å². The number of hydrogen-bond acceptors (Lipinski definition) is 2. The van der Waals surface area contributed by atoms with Gasteiger partial charge >= 0.3 is 0 Å². The van der Waals surface area contributed by atoms with Gasteiger partial charge in [0.05, 0.1) is 0 Å². The number of nitrogens with one attached hydrogen (secondary N) is 1. The summed E-state index contributed by atoms with van der Waals surface area (Å²) in [5.41, 5.74) is 0.809. The second-order valence-corrected chi connectivity index (χ2v) is 5.41. The standard InChI is InChI=1S/C16H27NO2/c1-2-3-4-5-6-7-8-12-16(19)17-14-10-9-11-15(18)13-14/h13H,2-12H2,1H3,(H,17,19). The van der Waals surface area contributed by atoms with Crippen LogP contribution in [0.2, 0.25) is 0 Å². The molecule has 1 aliphatic carbocycles. The molecule has 0 aliphatic heterocycles.